The normalized spacial score (nSPS) is 10.8. The molecule has 3 nitrogen and oxygen atoms in total. The van der Waals surface area contributed by atoms with Gasteiger partial charge in [0.15, 0.2) is 0 Å². The molecule has 2 aromatic rings. The van der Waals surface area contributed by atoms with Crippen LogP contribution in [-0.2, 0) is 12.8 Å². The lowest BCUT2D eigenvalue weighted by Gasteiger charge is -2.15. The molecule has 0 heterocycles. The van der Waals surface area contributed by atoms with Crippen molar-refractivity contribution in [1.82, 2.24) is 0 Å². The van der Waals surface area contributed by atoms with Gasteiger partial charge in [0, 0.05) is 10.7 Å². The fourth-order valence-electron chi connectivity index (χ4n) is 3.06. The zero-order chi connectivity index (χ0) is 20.9. The van der Waals surface area contributed by atoms with E-state index >= 15 is 0 Å². The van der Waals surface area contributed by atoms with Crippen LogP contribution in [0.1, 0.15) is 50.7 Å². The average Bonchev–Trinajstić information content (AvgIpc) is 2.72. The van der Waals surface area contributed by atoms with Crippen LogP contribution in [0, 0.1) is 0 Å². The van der Waals surface area contributed by atoms with Crippen molar-refractivity contribution in [1.29, 1.82) is 0 Å². The maximum absolute atomic E-state index is 6.19. The van der Waals surface area contributed by atoms with Gasteiger partial charge in [-0.2, -0.15) is 0 Å². The van der Waals surface area contributed by atoms with Crippen LogP contribution in [0.2, 0.25) is 0 Å². The highest BCUT2D eigenvalue weighted by Crippen LogP contribution is 2.32. The van der Waals surface area contributed by atoms with Crippen molar-refractivity contribution in [2.75, 3.05) is 23.9 Å². The summed E-state index contributed by atoms with van der Waals surface area (Å²) in [6.07, 6.45) is 6.07. The van der Waals surface area contributed by atoms with Crippen molar-refractivity contribution < 1.29 is 14.2 Å². The lowest BCUT2D eigenvalue weighted by atomic mass is 10.1. The lowest BCUT2D eigenvalue weighted by molar-refractivity contribution is 0.314. The quantitative estimate of drug-likeness (QED) is 0.186. The molecule has 0 aromatic heterocycles. The van der Waals surface area contributed by atoms with E-state index in [2.05, 4.69) is 57.8 Å². The summed E-state index contributed by atoms with van der Waals surface area (Å²) in [6.45, 7) is 5.81. The SMILES string of the molecule is CCCc1cc(Oc2ccc(OCCCBr)c(CCC)c2)ccc1OCCCBr. The molecule has 0 aliphatic heterocycles. The Morgan fingerprint density at radius 2 is 1.14 bits per heavy atom. The molecule has 29 heavy (non-hydrogen) atoms. The van der Waals surface area contributed by atoms with Crippen molar-refractivity contribution in [3.63, 3.8) is 0 Å². The monoisotopic (exact) mass is 526 g/mol. The summed E-state index contributed by atoms with van der Waals surface area (Å²) in [5.74, 6) is 3.61. The van der Waals surface area contributed by atoms with Crippen LogP contribution in [0.25, 0.3) is 0 Å². The van der Waals surface area contributed by atoms with Gasteiger partial charge in [-0.1, -0.05) is 58.5 Å². The molecule has 0 aliphatic rings. The van der Waals surface area contributed by atoms with Crippen LogP contribution in [0.3, 0.4) is 0 Å². The third-order valence-electron chi connectivity index (χ3n) is 4.41. The van der Waals surface area contributed by atoms with Crippen LogP contribution in [0.4, 0.5) is 0 Å². The molecule has 2 aromatic carbocycles. The largest absolute Gasteiger partial charge is 0.493 e. The second-order valence-electron chi connectivity index (χ2n) is 6.92. The highest BCUT2D eigenvalue weighted by Gasteiger charge is 2.09. The molecule has 160 valence electrons. The molecule has 0 amide bonds. The first-order valence-electron chi connectivity index (χ1n) is 10.5. The fraction of sp³-hybridized carbons (Fsp3) is 0.500. The number of halogens is 2. The number of benzene rings is 2. The highest BCUT2D eigenvalue weighted by molar-refractivity contribution is 9.09. The Kier molecular flexibility index (Phi) is 11.6. The third-order valence-corrected chi connectivity index (χ3v) is 5.53. The van der Waals surface area contributed by atoms with Gasteiger partial charge in [0.05, 0.1) is 13.2 Å². The van der Waals surface area contributed by atoms with E-state index in [-0.39, 0.29) is 0 Å². The van der Waals surface area contributed by atoms with E-state index in [1.165, 1.54) is 11.1 Å². The molecule has 0 N–H and O–H groups in total. The van der Waals surface area contributed by atoms with Gasteiger partial charge in [0.1, 0.15) is 23.0 Å². The van der Waals surface area contributed by atoms with Crippen molar-refractivity contribution >= 4 is 31.9 Å². The number of aryl methyl sites for hydroxylation is 2. The predicted octanol–water partition coefficient (Wildman–Crippen LogP) is 7.71. The molecular formula is C24H32Br2O3. The van der Waals surface area contributed by atoms with Crippen molar-refractivity contribution in [2.45, 2.75) is 52.4 Å². The summed E-state index contributed by atoms with van der Waals surface area (Å²) in [5, 5.41) is 1.90. The van der Waals surface area contributed by atoms with E-state index in [1.807, 2.05) is 24.3 Å². The second kappa shape index (κ2) is 13.9. The molecule has 0 fully saturated rings. The molecule has 0 atom stereocenters. The minimum Gasteiger partial charge on any atom is -0.493 e. The van der Waals surface area contributed by atoms with Gasteiger partial charge in [-0.15, -0.1) is 0 Å². The van der Waals surface area contributed by atoms with Crippen molar-refractivity contribution in [2.24, 2.45) is 0 Å². The number of rotatable bonds is 14. The van der Waals surface area contributed by atoms with E-state index in [1.54, 1.807) is 0 Å². The predicted molar refractivity (Wildman–Crippen MR) is 129 cm³/mol. The average molecular weight is 528 g/mol. The topological polar surface area (TPSA) is 27.7 Å². The minimum absolute atomic E-state index is 0.721. The number of alkyl halides is 2. The molecule has 0 saturated heterocycles. The van der Waals surface area contributed by atoms with Crippen molar-refractivity contribution in [3.8, 4) is 23.0 Å². The van der Waals surface area contributed by atoms with E-state index in [0.29, 0.717) is 0 Å². The number of hydrogen-bond acceptors (Lipinski definition) is 3. The Balaban J connectivity index is 2.14. The van der Waals surface area contributed by atoms with Gasteiger partial charge < -0.3 is 14.2 Å². The summed E-state index contributed by atoms with van der Waals surface area (Å²) in [5.41, 5.74) is 2.39. The molecule has 0 unspecified atom stereocenters. The molecule has 0 saturated carbocycles. The van der Waals surface area contributed by atoms with Crippen LogP contribution in [0.15, 0.2) is 36.4 Å². The Morgan fingerprint density at radius 1 is 0.690 bits per heavy atom. The Hall–Kier alpha value is -1.20. The maximum Gasteiger partial charge on any atom is 0.127 e. The first-order chi connectivity index (χ1) is 14.2. The molecule has 0 bridgehead atoms. The summed E-state index contributed by atoms with van der Waals surface area (Å²) in [6, 6.07) is 12.2. The summed E-state index contributed by atoms with van der Waals surface area (Å²) >= 11 is 6.90. The van der Waals surface area contributed by atoms with Gasteiger partial charge in [0.25, 0.3) is 0 Å². The molecular weight excluding hydrogens is 496 g/mol. The zero-order valence-electron chi connectivity index (χ0n) is 17.5. The van der Waals surface area contributed by atoms with Gasteiger partial charge in [-0.3, -0.25) is 0 Å². The molecule has 0 radical (unpaired) electrons. The smallest absolute Gasteiger partial charge is 0.127 e. The van der Waals surface area contributed by atoms with E-state index in [4.69, 9.17) is 14.2 Å². The third kappa shape index (κ3) is 8.21. The van der Waals surface area contributed by atoms with E-state index < -0.39 is 0 Å². The standard InChI is InChI=1S/C24H32Br2O3/c1-3-7-19-17-21(9-11-23(19)27-15-5-13-25)29-22-10-12-24(28-16-6-14-26)20(18-22)8-4-2/h9-12,17-18H,3-8,13-16H2,1-2H3. The Bertz CT molecular complexity index is 673. The van der Waals surface area contributed by atoms with Gasteiger partial charge in [0.2, 0.25) is 0 Å². The number of ether oxygens (including phenoxy) is 3. The molecule has 0 spiro atoms. The highest BCUT2D eigenvalue weighted by atomic mass is 79.9. The number of hydrogen-bond donors (Lipinski definition) is 0. The minimum atomic E-state index is 0.721. The molecule has 0 aliphatic carbocycles. The summed E-state index contributed by atoms with van der Waals surface area (Å²) in [4.78, 5) is 0. The van der Waals surface area contributed by atoms with Gasteiger partial charge in [-0.05, 0) is 73.2 Å². The van der Waals surface area contributed by atoms with Crippen LogP contribution >= 0.6 is 31.9 Å². The van der Waals surface area contributed by atoms with Gasteiger partial charge >= 0.3 is 0 Å². The molecule has 5 heteroatoms. The Morgan fingerprint density at radius 3 is 1.52 bits per heavy atom. The van der Waals surface area contributed by atoms with Crippen LogP contribution < -0.4 is 14.2 Å². The zero-order valence-corrected chi connectivity index (χ0v) is 20.7. The van der Waals surface area contributed by atoms with E-state index in [0.717, 1.165) is 85.4 Å². The summed E-state index contributed by atoms with van der Waals surface area (Å²) in [7, 11) is 0. The molecule has 2 rings (SSSR count). The van der Waals surface area contributed by atoms with Crippen molar-refractivity contribution in [3.05, 3.63) is 47.5 Å². The van der Waals surface area contributed by atoms with Crippen LogP contribution in [-0.4, -0.2) is 23.9 Å². The second-order valence-corrected chi connectivity index (χ2v) is 8.51. The van der Waals surface area contributed by atoms with E-state index in [9.17, 15) is 0 Å². The maximum atomic E-state index is 6.19. The first kappa shape index (κ1) is 24.1. The first-order valence-corrected chi connectivity index (χ1v) is 12.8. The van der Waals surface area contributed by atoms with Gasteiger partial charge in [-0.25, -0.2) is 0 Å². The fourth-order valence-corrected chi connectivity index (χ4v) is 3.52. The Labute approximate surface area is 192 Å². The summed E-state index contributed by atoms with van der Waals surface area (Å²) < 4.78 is 18.1. The lowest BCUT2D eigenvalue weighted by Crippen LogP contribution is -2.02. The van der Waals surface area contributed by atoms with Crippen LogP contribution in [0.5, 0.6) is 23.0 Å².